The number of rotatable bonds is 3. The number of hydrogen-bond acceptors (Lipinski definition) is 3. The van der Waals surface area contributed by atoms with Crippen LogP contribution in [-0.2, 0) is 6.42 Å². The molecule has 0 saturated carbocycles. The van der Waals surface area contributed by atoms with Gasteiger partial charge in [-0.15, -0.1) is 11.3 Å². The first-order valence-corrected chi connectivity index (χ1v) is 6.85. The van der Waals surface area contributed by atoms with E-state index in [4.69, 9.17) is 5.73 Å². The Morgan fingerprint density at radius 2 is 2.24 bits per heavy atom. The predicted octanol–water partition coefficient (Wildman–Crippen LogP) is 3.52. The van der Waals surface area contributed by atoms with Gasteiger partial charge in [0.15, 0.2) is 0 Å². The third-order valence-electron chi connectivity index (χ3n) is 2.44. The predicted molar refractivity (Wildman–Crippen MR) is 72.7 cm³/mol. The van der Waals surface area contributed by atoms with E-state index in [9.17, 15) is 4.39 Å². The van der Waals surface area contributed by atoms with E-state index in [0.717, 1.165) is 21.5 Å². The molecule has 17 heavy (non-hydrogen) atoms. The Morgan fingerprint density at radius 1 is 1.47 bits per heavy atom. The molecule has 0 radical (unpaired) electrons. The van der Waals surface area contributed by atoms with Crippen molar-refractivity contribution in [3.05, 3.63) is 39.1 Å². The number of aromatic nitrogens is 1. The van der Waals surface area contributed by atoms with E-state index >= 15 is 0 Å². The standard InChI is InChI=1S/C12H12BrFN2S/c1-7-10(5-6-15)17-12(16-7)11-8(13)3-2-4-9(11)14/h2-4H,5-6,15H2,1H3. The van der Waals surface area contributed by atoms with Crippen LogP contribution in [0.5, 0.6) is 0 Å². The molecule has 1 aromatic carbocycles. The van der Waals surface area contributed by atoms with Gasteiger partial charge in [-0.2, -0.15) is 0 Å². The molecule has 1 aromatic heterocycles. The molecule has 0 bridgehead atoms. The molecular formula is C12H12BrFN2S. The normalized spacial score (nSPS) is 10.8. The van der Waals surface area contributed by atoms with E-state index in [1.807, 2.05) is 13.0 Å². The summed E-state index contributed by atoms with van der Waals surface area (Å²) in [5.41, 5.74) is 7.00. The van der Waals surface area contributed by atoms with E-state index in [1.165, 1.54) is 17.4 Å². The van der Waals surface area contributed by atoms with Gasteiger partial charge in [0.05, 0.1) is 11.3 Å². The maximum Gasteiger partial charge on any atom is 0.134 e. The van der Waals surface area contributed by atoms with Crippen molar-refractivity contribution in [1.29, 1.82) is 0 Å². The first kappa shape index (κ1) is 12.7. The lowest BCUT2D eigenvalue weighted by Crippen LogP contribution is -2.01. The molecule has 5 heteroatoms. The molecule has 2 rings (SSSR count). The Morgan fingerprint density at radius 3 is 2.88 bits per heavy atom. The maximum absolute atomic E-state index is 13.8. The number of nitrogens with two attached hydrogens (primary N) is 1. The second kappa shape index (κ2) is 5.25. The van der Waals surface area contributed by atoms with Crippen LogP contribution in [0.3, 0.4) is 0 Å². The molecule has 1 heterocycles. The Bertz CT molecular complexity index is 519. The fourth-order valence-corrected chi connectivity index (χ4v) is 3.40. The first-order valence-electron chi connectivity index (χ1n) is 5.24. The largest absolute Gasteiger partial charge is 0.330 e. The van der Waals surface area contributed by atoms with Gasteiger partial charge in [0.1, 0.15) is 10.8 Å². The van der Waals surface area contributed by atoms with Gasteiger partial charge >= 0.3 is 0 Å². The van der Waals surface area contributed by atoms with Gasteiger partial charge in [-0.25, -0.2) is 9.37 Å². The highest BCUT2D eigenvalue weighted by Gasteiger charge is 2.15. The van der Waals surface area contributed by atoms with Gasteiger partial charge in [0.25, 0.3) is 0 Å². The number of halogens is 2. The van der Waals surface area contributed by atoms with Crippen LogP contribution >= 0.6 is 27.3 Å². The van der Waals surface area contributed by atoms with Crippen molar-refractivity contribution in [1.82, 2.24) is 4.98 Å². The topological polar surface area (TPSA) is 38.9 Å². The van der Waals surface area contributed by atoms with Crippen LogP contribution in [-0.4, -0.2) is 11.5 Å². The number of benzene rings is 1. The van der Waals surface area contributed by atoms with E-state index < -0.39 is 0 Å². The zero-order chi connectivity index (χ0) is 12.4. The lowest BCUT2D eigenvalue weighted by atomic mass is 10.2. The van der Waals surface area contributed by atoms with E-state index in [2.05, 4.69) is 20.9 Å². The smallest absolute Gasteiger partial charge is 0.134 e. The summed E-state index contributed by atoms with van der Waals surface area (Å²) in [6.07, 6.45) is 0.787. The molecule has 90 valence electrons. The quantitative estimate of drug-likeness (QED) is 0.941. The van der Waals surface area contributed by atoms with Gasteiger partial charge < -0.3 is 5.73 Å². The zero-order valence-electron chi connectivity index (χ0n) is 9.34. The molecule has 0 fully saturated rings. The summed E-state index contributed by atoms with van der Waals surface area (Å²) < 4.78 is 14.5. The minimum absolute atomic E-state index is 0.257. The van der Waals surface area contributed by atoms with Crippen molar-refractivity contribution < 1.29 is 4.39 Å². The SMILES string of the molecule is Cc1nc(-c2c(F)cccc2Br)sc1CCN. The highest BCUT2D eigenvalue weighted by Crippen LogP contribution is 2.35. The summed E-state index contributed by atoms with van der Waals surface area (Å²) in [7, 11) is 0. The van der Waals surface area contributed by atoms with Gasteiger partial charge in [-0.05, 0) is 48.0 Å². The fourth-order valence-electron chi connectivity index (χ4n) is 1.60. The van der Waals surface area contributed by atoms with Crippen LogP contribution in [0.2, 0.25) is 0 Å². The molecule has 0 aliphatic rings. The molecule has 0 aliphatic carbocycles. The van der Waals surface area contributed by atoms with Crippen LogP contribution in [0.25, 0.3) is 10.6 Å². The first-order chi connectivity index (χ1) is 8.13. The number of nitrogens with zero attached hydrogens (tertiary/aromatic N) is 1. The summed E-state index contributed by atoms with van der Waals surface area (Å²) in [6, 6.07) is 4.93. The minimum Gasteiger partial charge on any atom is -0.330 e. The Hall–Kier alpha value is -0.780. The van der Waals surface area contributed by atoms with Crippen LogP contribution in [0.15, 0.2) is 22.7 Å². The molecule has 0 atom stereocenters. The molecule has 0 amide bonds. The van der Waals surface area contributed by atoms with Crippen molar-refractivity contribution in [3.63, 3.8) is 0 Å². The van der Waals surface area contributed by atoms with Crippen LogP contribution in [0.4, 0.5) is 4.39 Å². The molecule has 2 nitrogen and oxygen atoms in total. The average Bonchev–Trinajstić information content (AvgIpc) is 2.60. The van der Waals surface area contributed by atoms with E-state index in [0.29, 0.717) is 17.1 Å². The summed E-state index contributed by atoms with van der Waals surface area (Å²) in [5, 5.41) is 0.705. The van der Waals surface area contributed by atoms with Crippen molar-refractivity contribution in [2.45, 2.75) is 13.3 Å². The number of hydrogen-bond donors (Lipinski definition) is 1. The number of thiazole rings is 1. The average molecular weight is 315 g/mol. The van der Waals surface area contributed by atoms with Crippen LogP contribution in [0, 0.1) is 12.7 Å². The second-order valence-electron chi connectivity index (χ2n) is 3.66. The molecule has 0 spiro atoms. The van der Waals surface area contributed by atoms with Crippen molar-refractivity contribution in [2.75, 3.05) is 6.54 Å². The summed E-state index contributed by atoms with van der Waals surface area (Å²) >= 11 is 4.86. The fraction of sp³-hybridized carbons (Fsp3) is 0.250. The van der Waals surface area contributed by atoms with E-state index in [1.54, 1.807) is 6.07 Å². The highest BCUT2D eigenvalue weighted by atomic mass is 79.9. The lowest BCUT2D eigenvalue weighted by molar-refractivity contribution is 0.630. The Kier molecular flexibility index (Phi) is 3.91. The second-order valence-corrected chi connectivity index (χ2v) is 5.60. The highest BCUT2D eigenvalue weighted by molar-refractivity contribution is 9.10. The molecular weight excluding hydrogens is 303 g/mol. The summed E-state index contributed by atoms with van der Waals surface area (Å²) in [4.78, 5) is 5.54. The van der Waals surface area contributed by atoms with Gasteiger partial charge in [-0.3, -0.25) is 0 Å². The van der Waals surface area contributed by atoms with Gasteiger partial charge in [0.2, 0.25) is 0 Å². The molecule has 0 aliphatic heterocycles. The van der Waals surface area contributed by atoms with E-state index in [-0.39, 0.29) is 5.82 Å². The maximum atomic E-state index is 13.8. The molecule has 2 aromatic rings. The molecule has 0 unspecified atom stereocenters. The third-order valence-corrected chi connectivity index (χ3v) is 4.34. The molecule has 2 N–H and O–H groups in total. The Balaban J connectivity index is 2.50. The van der Waals surface area contributed by atoms with Gasteiger partial charge in [0, 0.05) is 9.35 Å². The number of aryl methyl sites for hydroxylation is 1. The lowest BCUT2D eigenvalue weighted by Gasteiger charge is -2.01. The van der Waals surface area contributed by atoms with Crippen LogP contribution in [0.1, 0.15) is 10.6 Å². The van der Waals surface area contributed by atoms with Crippen molar-refractivity contribution >= 4 is 27.3 Å². The minimum atomic E-state index is -0.257. The monoisotopic (exact) mass is 314 g/mol. The van der Waals surface area contributed by atoms with Crippen LogP contribution < -0.4 is 5.73 Å². The summed E-state index contributed by atoms with van der Waals surface area (Å²) in [6.45, 7) is 2.51. The van der Waals surface area contributed by atoms with Crippen molar-refractivity contribution in [3.8, 4) is 10.6 Å². The van der Waals surface area contributed by atoms with Gasteiger partial charge in [-0.1, -0.05) is 6.07 Å². The molecule has 0 saturated heterocycles. The zero-order valence-corrected chi connectivity index (χ0v) is 11.7. The van der Waals surface area contributed by atoms with Crippen molar-refractivity contribution in [2.24, 2.45) is 5.73 Å². The third kappa shape index (κ3) is 2.56. The summed E-state index contributed by atoms with van der Waals surface area (Å²) in [5.74, 6) is -0.257. The Labute approximate surface area is 112 Å².